The van der Waals surface area contributed by atoms with Gasteiger partial charge in [-0.3, -0.25) is 14.6 Å². The number of aromatic hydroxyl groups is 1. The first-order chi connectivity index (χ1) is 14.6. The first-order valence-electron chi connectivity index (χ1n) is 9.58. The van der Waals surface area contributed by atoms with Gasteiger partial charge in [-0.05, 0) is 36.4 Å². The van der Waals surface area contributed by atoms with Crippen molar-refractivity contribution in [3.8, 4) is 5.75 Å². The van der Waals surface area contributed by atoms with Crippen molar-refractivity contribution < 1.29 is 9.90 Å². The average Bonchev–Trinajstić information content (AvgIpc) is 2.77. The molecule has 0 radical (unpaired) electrons. The number of benzene rings is 2. The number of rotatable bonds is 6. The smallest absolute Gasteiger partial charge is 0.270 e. The monoisotopic (exact) mass is 400 g/mol. The van der Waals surface area contributed by atoms with Crippen LogP contribution in [-0.4, -0.2) is 26.0 Å². The molecule has 30 heavy (non-hydrogen) atoms. The van der Waals surface area contributed by atoms with Gasteiger partial charge in [-0.1, -0.05) is 30.3 Å². The Morgan fingerprint density at radius 3 is 2.57 bits per heavy atom. The maximum absolute atomic E-state index is 13.1. The van der Waals surface area contributed by atoms with Crippen LogP contribution in [0.15, 0.2) is 77.7 Å². The Kier molecular flexibility index (Phi) is 5.52. The molecule has 2 aromatic carbocycles. The number of phenols is 1. The summed E-state index contributed by atoms with van der Waals surface area (Å²) < 4.78 is 0. The van der Waals surface area contributed by atoms with Crippen LogP contribution in [0.5, 0.6) is 5.75 Å². The van der Waals surface area contributed by atoms with Gasteiger partial charge in [-0.15, -0.1) is 0 Å². The molecule has 2 aromatic heterocycles. The van der Waals surface area contributed by atoms with E-state index in [1.54, 1.807) is 36.5 Å². The minimum atomic E-state index is -0.305. The van der Waals surface area contributed by atoms with Crippen molar-refractivity contribution in [2.45, 2.75) is 19.4 Å². The first kappa shape index (κ1) is 19.3. The van der Waals surface area contributed by atoms with Gasteiger partial charge in [0.05, 0.1) is 29.0 Å². The third-order valence-corrected chi connectivity index (χ3v) is 4.77. The van der Waals surface area contributed by atoms with E-state index in [2.05, 4.69) is 15.0 Å². The van der Waals surface area contributed by atoms with Crippen LogP contribution in [0.25, 0.3) is 11.0 Å². The number of hydrogen-bond donors (Lipinski definition) is 2. The van der Waals surface area contributed by atoms with Crippen LogP contribution in [0.4, 0.5) is 5.69 Å². The average molecular weight is 400 g/mol. The summed E-state index contributed by atoms with van der Waals surface area (Å²) in [4.78, 5) is 38.4. The zero-order valence-electron chi connectivity index (χ0n) is 16.2. The summed E-state index contributed by atoms with van der Waals surface area (Å²) in [5.41, 5.74) is 2.41. The molecule has 4 rings (SSSR count). The van der Waals surface area contributed by atoms with Crippen LogP contribution in [0.3, 0.4) is 0 Å². The summed E-state index contributed by atoms with van der Waals surface area (Å²) in [7, 11) is 0. The highest BCUT2D eigenvalue weighted by atomic mass is 16.3. The van der Waals surface area contributed by atoms with Crippen molar-refractivity contribution in [2.24, 2.45) is 0 Å². The third kappa shape index (κ3) is 4.20. The molecule has 0 saturated heterocycles. The van der Waals surface area contributed by atoms with Gasteiger partial charge in [0, 0.05) is 19.0 Å². The number of anilines is 1. The Labute approximate surface area is 172 Å². The predicted molar refractivity (Wildman–Crippen MR) is 114 cm³/mol. The SMILES string of the molecule is O=C(CCc1nc2ccccc2[nH]c1=O)N(Cc1ccccn1)c1ccccc1O. The van der Waals surface area contributed by atoms with Crippen molar-refractivity contribution in [1.29, 1.82) is 0 Å². The zero-order valence-corrected chi connectivity index (χ0v) is 16.2. The highest BCUT2D eigenvalue weighted by Crippen LogP contribution is 2.28. The molecule has 0 spiro atoms. The second-order valence-electron chi connectivity index (χ2n) is 6.82. The lowest BCUT2D eigenvalue weighted by molar-refractivity contribution is -0.118. The molecular formula is C23H20N4O3. The highest BCUT2D eigenvalue weighted by molar-refractivity contribution is 5.94. The molecule has 2 N–H and O–H groups in total. The maximum atomic E-state index is 13.1. The fourth-order valence-corrected chi connectivity index (χ4v) is 3.25. The maximum Gasteiger partial charge on any atom is 0.270 e. The molecule has 1 amide bonds. The Morgan fingerprint density at radius 1 is 1.00 bits per heavy atom. The van der Waals surface area contributed by atoms with E-state index in [-0.39, 0.29) is 36.6 Å². The van der Waals surface area contributed by atoms with E-state index >= 15 is 0 Å². The lowest BCUT2D eigenvalue weighted by atomic mass is 10.1. The van der Waals surface area contributed by atoms with Crippen molar-refractivity contribution in [3.05, 3.63) is 94.7 Å². The van der Waals surface area contributed by atoms with Gasteiger partial charge < -0.3 is 15.0 Å². The summed E-state index contributed by atoms with van der Waals surface area (Å²) in [6.07, 6.45) is 1.91. The minimum Gasteiger partial charge on any atom is -0.506 e. The number of phenolic OH excluding ortho intramolecular Hbond substituents is 1. The standard InChI is InChI=1S/C23H20N4O3/c28-21-11-4-3-10-20(21)27(15-16-7-5-6-14-24-16)22(29)13-12-19-23(30)26-18-9-2-1-8-17(18)25-19/h1-11,14,28H,12-13,15H2,(H,26,30). The fraction of sp³-hybridized carbons (Fsp3) is 0.130. The van der Waals surface area contributed by atoms with Crippen LogP contribution in [0, 0.1) is 0 Å². The summed E-state index contributed by atoms with van der Waals surface area (Å²) in [5, 5.41) is 10.3. The topological polar surface area (TPSA) is 99.2 Å². The van der Waals surface area contributed by atoms with Gasteiger partial charge in [0.1, 0.15) is 11.4 Å². The number of hydrogen-bond acceptors (Lipinski definition) is 5. The van der Waals surface area contributed by atoms with E-state index in [0.717, 1.165) is 0 Å². The molecule has 0 atom stereocenters. The van der Waals surface area contributed by atoms with Gasteiger partial charge in [0.2, 0.25) is 5.91 Å². The van der Waals surface area contributed by atoms with Crippen LogP contribution in [0.1, 0.15) is 17.8 Å². The molecule has 0 aliphatic rings. The molecule has 0 aliphatic heterocycles. The molecule has 0 aliphatic carbocycles. The van der Waals surface area contributed by atoms with Crippen molar-refractivity contribution in [1.82, 2.24) is 15.0 Å². The second-order valence-corrected chi connectivity index (χ2v) is 6.82. The largest absolute Gasteiger partial charge is 0.506 e. The number of pyridine rings is 1. The van der Waals surface area contributed by atoms with Gasteiger partial charge >= 0.3 is 0 Å². The van der Waals surface area contributed by atoms with E-state index in [0.29, 0.717) is 28.1 Å². The fourth-order valence-electron chi connectivity index (χ4n) is 3.25. The molecule has 150 valence electrons. The van der Waals surface area contributed by atoms with E-state index in [1.165, 1.54) is 11.0 Å². The third-order valence-electron chi connectivity index (χ3n) is 4.77. The molecule has 0 unspecified atom stereocenters. The van der Waals surface area contributed by atoms with E-state index in [1.807, 2.05) is 30.3 Å². The molecule has 4 aromatic rings. The van der Waals surface area contributed by atoms with E-state index in [4.69, 9.17) is 0 Å². The number of aromatic nitrogens is 3. The number of nitrogens with zero attached hydrogens (tertiary/aromatic N) is 3. The number of para-hydroxylation sites is 4. The van der Waals surface area contributed by atoms with Crippen LogP contribution < -0.4 is 10.5 Å². The predicted octanol–water partition coefficient (Wildman–Crippen LogP) is 3.19. The number of fused-ring (bicyclic) bond motifs is 1. The summed E-state index contributed by atoms with van der Waals surface area (Å²) in [6, 6.07) is 19.4. The van der Waals surface area contributed by atoms with Crippen molar-refractivity contribution in [2.75, 3.05) is 4.90 Å². The minimum absolute atomic E-state index is 0.00320. The molecule has 7 nitrogen and oxygen atoms in total. The Bertz CT molecular complexity index is 1240. The Hall–Kier alpha value is -4.00. The molecule has 2 heterocycles. The van der Waals surface area contributed by atoms with Crippen molar-refractivity contribution in [3.63, 3.8) is 0 Å². The normalized spacial score (nSPS) is 10.8. The quantitative estimate of drug-likeness (QED) is 0.518. The number of carbonyl (C=O) groups excluding carboxylic acids is 1. The molecule has 0 saturated carbocycles. The van der Waals surface area contributed by atoms with Gasteiger partial charge in [0.25, 0.3) is 5.56 Å². The van der Waals surface area contributed by atoms with Crippen LogP contribution in [-0.2, 0) is 17.8 Å². The molecule has 0 bridgehead atoms. The summed E-state index contributed by atoms with van der Waals surface area (Å²) in [5.74, 6) is -0.236. The number of carbonyl (C=O) groups is 1. The molecular weight excluding hydrogens is 380 g/mol. The highest BCUT2D eigenvalue weighted by Gasteiger charge is 2.20. The number of nitrogens with one attached hydrogen (secondary N) is 1. The number of aromatic amines is 1. The lowest BCUT2D eigenvalue weighted by Crippen LogP contribution is -2.31. The number of H-pyrrole nitrogens is 1. The first-order valence-corrected chi connectivity index (χ1v) is 9.58. The number of amides is 1. The Balaban J connectivity index is 1.58. The second kappa shape index (κ2) is 8.57. The van der Waals surface area contributed by atoms with Crippen LogP contribution >= 0.6 is 0 Å². The van der Waals surface area contributed by atoms with Gasteiger partial charge in [0.15, 0.2) is 0 Å². The van der Waals surface area contributed by atoms with Gasteiger partial charge in [-0.25, -0.2) is 4.98 Å². The zero-order chi connectivity index (χ0) is 20.9. The number of aryl methyl sites for hydroxylation is 1. The van der Waals surface area contributed by atoms with E-state index in [9.17, 15) is 14.7 Å². The summed E-state index contributed by atoms with van der Waals surface area (Å²) >= 11 is 0. The van der Waals surface area contributed by atoms with Crippen molar-refractivity contribution >= 4 is 22.6 Å². The van der Waals surface area contributed by atoms with Gasteiger partial charge in [-0.2, -0.15) is 0 Å². The lowest BCUT2D eigenvalue weighted by Gasteiger charge is -2.23. The summed E-state index contributed by atoms with van der Waals surface area (Å²) in [6.45, 7) is 0.207. The molecule has 0 fully saturated rings. The van der Waals surface area contributed by atoms with Crippen LogP contribution in [0.2, 0.25) is 0 Å². The molecule has 7 heteroatoms. The van der Waals surface area contributed by atoms with E-state index < -0.39 is 0 Å². The Morgan fingerprint density at radius 2 is 1.77 bits per heavy atom.